The van der Waals surface area contributed by atoms with E-state index in [-0.39, 0.29) is 5.91 Å². The lowest BCUT2D eigenvalue weighted by atomic mass is 10.2. The van der Waals surface area contributed by atoms with Gasteiger partial charge in [0.15, 0.2) is 0 Å². The maximum absolute atomic E-state index is 10.4. The Morgan fingerprint density at radius 3 is 2.89 bits per heavy atom. The molecular formula is C6H8N2O. The number of hydrogen-bond donors (Lipinski definition) is 1. The molecule has 0 aromatic carbocycles. The average molecular weight is 124 g/mol. The van der Waals surface area contributed by atoms with Crippen LogP contribution in [0.2, 0.25) is 0 Å². The zero-order chi connectivity index (χ0) is 6.69. The number of carbonyl (C=O) groups excluding carboxylic acids is 1. The van der Waals surface area contributed by atoms with Crippen LogP contribution in [0.4, 0.5) is 0 Å². The van der Waals surface area contributed by atoms with Crippen molar-refractivity contribution in [2.75, 3.05) is 6.54 Å². The Bertz CT molecular complexity index is 181. The Morgan fingerprint density at radius 2 is 2.56 bits per heavy atom. The van der Waals surface area contributed by atoms with Gasteiger partial charge in [-0.05, 0) is 0 Å². The first-order valence-corrected chi connectivity index (χ1v) is 2.78. The molecule has 0 spiro atoms. The predicted molar refractivity (Wildman–Crippen MR) is 35.3 cm³/mol. The molecule has 1 heterocycles. The average Bonchev–Trinajstić information content (AvgIpc) is 1.90. The molecule has 0 unspecified atom stereocenters. The predicted octanol–water partition coefficient (Wildman–Crippen LogP) is -0.127. The second-order valence-electron chi connectivity index (χ2n) is 1.85. The summed E-state index contributed by atoms with van der Waals surface area (Å²) in [6.45, 7) is 0.454. The molecule has 0 bridgehead atoms. The number of dihydropyridines is 1. The van der Waals surface area contributed by atoms with E-state index in [1.807, 2.05) is 0 Å². The largest absolute Gasteiger partial charge is 0.366 e. The van der Waals surface area contributed by atoms with E-state index in [2.05, 4.69) is 4.99 Å². The standard InChI is InChI=1S/C6H8N2O/c7-6(9)5-2-1-3-8-4-5/h2-3H,1,4H2,(H2,7,9). The summed E-state index contributed by atoms with van der Waals surface area (Å²) in [5, 5.41) is 0. The summed E-state index contributed by atoms with van der Waals surface area (Å²) >= 11 is 0. The van der Waals surface area contributed by atoms with Gasteiger partial charge in [-0.25, -0.2) is 0 Å². The van der Waals surface area contributed by atoms with Crippen LogP contribution >= 0.6 is 0 Å². The fraction of sp³-hybridized carbons (Fsp3) is 0.333. The topological polar surface area (TPSA) is 55.5 Å². The van der Waals surface area contributed by atoms with Crippen LogP contribution in [0.15, 0.2) is 16.6 Å². The van der Waals surface area contributed by atoms with Gasteiger partial charge >= 0.3 is 0 Å². The smallest absolute Gasteiger partial charge is 0.246 e. The summed E-state index contributed by atoms with van der Waals surface area (Å²) in [7, 11) is 0. The Kier molecular flexibility index (Phi) is 1.63. The molecule has 1 aliphatic rings. The van der Waals surface area contributed by atoms with Crippen LogP contribution in [0.1, 0.15) is 6.42 Å². The number of primary amides is 1. The van der Waals surface area contributed by atoms with E-state index in [1.54, 1.807) is 12.3 Å². The highest BCUT2D eigenvalue weighted by molar-refractivity contribution is 5.93. The molecule has 0 aliphatic carbocycles. The van der Waals surface area contributed by atoms with Crippen molar-refractivity contribution in [3.8, 4) is 0 Å². The number of aliphatic imine (C=N–C) groups is 1. The molecule has 1 amide bonds. The molecule has 2 N–H and O–H groups in total. The maximum atomic E-state index is 10.4. The van der Waals surface area contributed by atoms with Crippen molar-refractivity contribution in [2.45, 2.75) is 6.42 Å². The van der Waals surface area contributed by atoms with Crippen molar-refractivity contribution in [2.24, 2.45) is 10.7 Å². The Morgan fingerprint density at radius 1 is 1.78 bits per heavy atom. The summed E-state index contributed by atoms with van der Waals surface area (Å²) in [5.41, 5.74) is 5.61. The van der Waals surface area contributed by atoms with Crippen molar-refractivity contribution >= 4 is 12.1 Å². The van der Waals surface area contributed by atoms with E-state index in [0.717, 1.165) is 6.42 Å². The lowest BCUT2D eigenvalue weighted by Gasteiger charge is -2.01. The van der Waals surface area contributed by atoms with Gasteiger partial charge in [-0.1, -0.05) is 6.08 Å². The molecule has 48 valence electrons. The molecule has 0 fully saturated rings. The first kappa shape index (κ1) is 6.01. The molecule has 0 atom stereocenters. The van der Waals surface area contributed by atoms with Crippen LogP contribution in [0, 0.1) is 0 Å². The number of hydrogen-bond acceptors (Lipinski definition) is 2. The van der Waals surface area contributed by atoms with Crippen molar-refractivity contribution < 1.29 is 4.79 Å². The van der Waals surface area contributed by atoms with Gasteiger partial charge in [0.25, 0.3) is 0 Å². The van der Waals surface area contributed by atoms with Crippen LogP contribution in [-0.2, 0) is 4.79 Å². The van der Waals surface area contributed by atoms with Crippen LogP contribution in [0.25, 0.3) is 0 Å². The third kappa shape index (κ3) is 1.38. The third-order valence-corrected chi connectivity index (χ3v) is 1.18. The molecule has 3 nitrogen and oxygen atoms in total. The van der Waals surface area contributed by atoms with E-state index in [4.69, 9.17) is 5.73 Å². The quantitative estimate of drug-likeness (QED) is 0.520. The molecule has 0 radical (unpaired) electrons. The minimum Gasteiger partial charge on any atom is -0.366 e. The summed E-state index contributed by atoms with van der Waals surface area (Å²) < 4.78 is 0. The van der Waals surface area contributed by atoms with E-state index < -0.39 is 0 Å². The minimum absolute atomic E-state index is 0.355. The summed E-state index contributed by atoms with van der Waals surface area (Å²) in [6, 6.07) is 0. The second kappa shape index (κ2) is 2.44. The van der Waals surface area contributed by atoms with Gasteiger partial charge in [0.05, 0.1) is 6.54 Å². The lowest BCUT2D eigenvalue weighted by Crippen LogP contribution is -2.17. The third-order valence-electron chi connectivity index (χ3n) is 1.18. The zero-order valence-corrected chi connectivity index (χ0v) is 5.00. The van der Waals surface area contributed by atoms with E-state index in [1.165, 1.54) is 0 Å². The molecular weight excluding hydrogens is 116 g/mol. The van der Waals surface area contributed by atoms with Crippen molar-refractivity contribution in [1.82, 2.24) is 0 Å². The maximum Gasteiger partial charge on any atom is 0.246 e. The molecule has 0 saturated heterocycles. The van der Waals surface area contributed by atoms with Gasteiger partial charge in [-0.15, -0.1) is 0 Å². The number of nitrogens with two attached hydrogens (primary N) is 1. The van der Waals surface area contributed by atoms with Crippen LogP contribution < -0.4 is 5.73 Å². The second-order valence-corrected chi connectivity index (χ2v) is 1.85. The number of rotatable bonds is 1. The Balaban J connectivity index is 2.61. The van der Waals surface area contributed by atoms with E-state index >= 15 is 0 Å². The highest BCUT2D eigenvalue weighted by Gasteiger charge is 2.03. The Labute approximate surface area is 53.3 Å². The molecule has 3 heteroatoms. The number of nitrogens with zero attached hydrogens (tertiary/aromatic N) is 1. The van der Waals surface area contributed by atoms with Gasteiger partial charge in [-0.3, -0.25) is 9.79 Å². The number of amides is 1. The van der Waals surface area contributed by atoms with Crippen molar-refractivity contribution in [3.63, 3.8) is 0 Å². The summed E-state index contributed by atoms with van der Waals surface area (Å²) in [4.78, 5) is 14.3. The fourth-order valence-electron chi connectivity index (χ4n) is 0.675. The fourth-order valence-corrected chi connectivity index (χ4v) is 0.675. The molecule has 0 aromatic heterocycles. The number of carbonyl (C=O) groups is 1. The van der Waals surface area contributed by atoms with Gasteiger partial charge < -0.3 is 5.73 Å². The lowest BCUT2D eigenvalue weighted by molar-refractivity contribution is -0.114. The SMILES string of the molecule is NC(=O)C1=CCC=NC1. The first-order chi connectivity index (χ1) is 4.30. The van der Waals surface area contributed by atoms with Crippen molar-refractivity contribution in [3.05, 3.63) is 11.6 Å². The van der Waals surface area contributed by atoms with E-state index in [9.17, 15) is 4.79 Å². The van der Waals surface area contributed by atoms with Crippen LogP contribution in [-0.4, -0.2) is 18.7 Å². The van der Waals surface area contributed by atoms with Gasteiger partial charge in [-0.2, -0.15) is 0 Å². The molecule has 0 aromatic rings. The number of allylic oxidation sites excluding steroid dienone is 1. The van der Waals surface area contributed by atoms with Gasteiger partial charge in [0, 0.05) is 18.2 Å². The first-order valence-electron chi connectivity index (χ1n) is 2.78. The van der Waals surface area contributed by atoms with E-state index in [0.29, 0.717) is 12.1 Å². The molecule has 9 heavy (non-hydrogen) atoms. The van der Waals surface area contributed by atoms with Crippen LogP contribution in [0.3, 0.4) is 0 Å². The normalized spacial score (nSPS) is 17.1. The monoisotopic (exact) mass is 124 g/mol. The summed E-state index contributed by atoms with van der Waals surface area (Å²) in [5.74, 6) is -0.355. The highest BCUT2D eigenvalue weighted by atomic mass is 16.1. The van der Waals surface area contributed by atoms with Crippen LogP contribution in [0.5, 0.6) is 0 Å². The molecule has 1 aliphatic heterocycles. The Hall–Kier alpha value is -1.12. The summed E-state index contributed by atoms with van der Waals surface area (Å²) in [6.07, 6.45) is 4.31. The van der Waals surface area contributed by atoms with Crippen molar-refractivity contribution in [1.29, 1.82) is 0 Å². The zero-order valence-electron chi connectivity index (χ0n) is 5.00. The van der Waals surface area contributed by atoms with Gasteiger partial charge in [0.2, 0.25) is 5.91 Å². The highest BCUT2D eigenvalue weighted by Crippen LogP contribution is 2.00. The molecule has 1 rings (SSSR count). The molecule has 0 saturated carbocycles. The van der Waals surface area contributed by atoms with Gasteiger partial charge in [0.1, 0.15) is 0 Å². The minimum atomic E-state index is -0.355.